The van der Waals surface area contributed by atoms with Gasteiger partial charge < -0.3 is 5.73 Å². The lowest BCUT2D eigenvalue weighted by Crippen LogP contribution is -2.42. The quantitative estimate of drug-likeness (QED) is 0.459. The smallest absolute Gasteiger partial charge is 0.318 e. The Bertz CT molecular complexity index is 1200. The number of carbonyl (C=O) groups excluding carboxylic acids is 2. The summed E-state index contributed by atoms with van der Waals surface area (Å²) in [6, 6.07) is 9.63. The number of fused-ring (bicyclic) bond motifs is 1. The molecule has 1 aromatic heterocycles. The number of primary amides is 1. The molecule has 156 valence electrons. The number of rotatable bonds is 5. The topological polar surface area (TPSA) is 107 Å². The lowest BCUT2D eigenvalue weighted by atomic mass is 10.1. The second kappa shape index (κ2) is 8.85. The van der Waals surface area contributed by atoms with E-state index in [1.165, 1.54) is 16.7 Å². The Balaban J connectivity index is 2.21. The van der Waals surface area contributed by atoms with Gasteiger partial charge in [0.25, 0.3) is 5.56 Å². The van der Waals surface area contributed by atoms with Crippen molar-refractivity contribution in [2.24, 2.45) is 11.7 Å². The Morgan fingerprint density at radius 3 is 2.57 bits per heavy atom. The maximum Gasteiger partial charge on any atom is 0.318 e. The van der Waals surface area contributed by atoms with Crippen molar-refractivity contribution in [2.75, 3.05) is 0 Å². The Hall–Kier alpha value is -2.91. The van der Waals surface area contributed by atoms with Crippen molar-refractivity contribution in [2.45, 2.75) is 24.3 Å². The molecular weight excluding hydrogens is 431 g/mol. The monoisotopic (exact) mass is 448 g/mol. The summed E-state index contributed by atoms with van der Waals surface area (Å²) >= 11 is 6.92. The zero-order valence-corrected chi connectivity index (χ0v) is 17.6. The molecular formula is C20H18ClFN4O3S. The van der Waals surface area contributed by atoms with E-state index in [0.717, 1.165) is 17.8 Å². The number of imide groups is 1. The zero-order valence-electron chi connectivity index (χ0n) is 16.1. The van der Waals surface area contributed by atoms with E-state index >= 15 is 0 Å². The third kappa shape index (κ3) is 4.47. The van der Waals surface area contributed by atoms with Crippen LogP contribution in [0.1, 0.15) is 13.8 Å². The normalized spacial score (nSPS) is 12.2. The summed E-state index contributed by atoms with van der Waals surface area (Å²) in [4.78, 5) is 41.4. The fourth-order valence-electron chi connectivity index (χ4n) is 2.84. The number of nitrogens with one attached hydrogen (secondary N) is 1. The molecule has 0 fully saturated rings. The third-order valence-electron chi connectivity index (χ3n) is 4.25. The minimum Gasteiger partial charge on any atom is -0.351 e. The van der Waals surface area contributed by atoms with Crippen LogP contribution in [0.25, 0.3) is 16.6 Å². The van der Waals surface area contributed by atoms with Crippen molar-refractivity contribution in [1.82, 2.24) is 14.9 Å². The lowest BCUT2D eigenvalue weighted by molar-refractivity contribution is -0.120. The molecule has 0 spiro atoms. The molecule has 2 aromatic carbocycles. The highest BCUT2D eigenvalue weighted by molar-refractivity contribution is 8.00. The van der Waals surface area contributed by atoms with Crippen molar-refractivity contribution in [3.8, 4) is 5.69 Å². The summed E-state index contributed by atoms with van der Waals surface area (Å²) in [5.74, 6) is -1.45. The summed E-state index contributed by atoms with van der Waals surface area (Å²) in [6.07, 6.45) is 0. The molecule has 0 radical (unpaired) electrons. The molecule has 0 aliphatic heterocycles. The number of nitrogens with zero attached hydrogens (tertiary/aromatic N) is 2. The minimum atomic E-state index is -0.972. The summed E-state index contributed by atoms with van der Waals surface area (Å²) in [6.45, 7) is 3.58. The first-order valence-corrected chi connectivity index (χ1v) is 10.2. The molecule has 30 heavy (non-hydrogen) atoms. The van der Waals surface area contributed by atoms with Crippen molar-refractivity contribution in [3.05, 3.63) is 63.7 Å². The second-order valence-corrected chi connectivity index (χ2v) is 8.30. The molecule has 0 unspecified atom stereocenters. The molecule has 0 saturated heterocycles. The molecule has 0 bridgehead atoms. The average molecular weight is 449 g/mol. The number of nitrogens with two attached hydrogens (primary N) is 1. The van der Waals surface area contributed by atoms with E-state index in [1.54, 1.807) is 38.1 Å². The highest BCUT2D eigenvalue weighted by Gasteiger charge is 2.27. The number of hydrogen-bond acceptors (Lipinski definition) is 5. The van der Waals surface area contributed by atoms with Crippen molar-refractivity contribution >= 4 is 46.2 Å². The molecule has 3 aromatic rings. The van der Waals surface area contributed by atoms with Gasteiger partial charge in [0, 0.05) is 0 Å². The van der Waals surface area contributed by atoms with Gasteiger partial charge in [-0.2, -0.15) is 0 Å². The van der Waals surface area contributed by atoms with E-state index in [2.05, 4.69) is 10.3 Å². The molecule has 7 nitrogen and oxygen atoms in total. The number of aromatic nitrogens is 2. The summed E-state index contributed by atoms with van der Waals surface area (Å²) < 4.78 is 14.9. The van der Waals surface area contributed by atoms with Crippen LogP contribution in [-0.2, 0) is 4.79 Å². The molecule has 0 saturated carbocycles. The Labute approximate surface area is 180 Å². The molecule has 1 heterocycles. The van der Waals surface area contributed by atoms with E-state index in [4.69, 9.17) is 17.3 Å². The predicted octanol–water partition coefficient (Wildman–Crippen LogP) is 3.49. The van der Waals surface area contributed by atoms with E-state index in [9.17, 15) is 18.8 Å². The van der Waals surface area contributed by atoms with E-state index in [0.29, 0.717) is 16.6 Å². The van der Waals surface area contributed by atoms with Gasteiger partial charge in [-0.15, -0.1) is 0 Å². The second-order valence-electron chi connectivity index (χ2n) is 6.79. The number of amides is 3. The maximum atomic E-state index is 13.7. The standard InChI is InChI=1S/C20H18ClFN4O3S/c1-10(2)16(17(27)25-19(23)29)30-20-24-15-6-4-3-5-12(15)18(28)26(20)11-7-8-14(22)13(21)9-11/h3-10,16H,1-2H3,(H3,23,25,27,29)/t16-/m0/s1. The van der Waals surface area contributed by atoms with Crippen molar-refractivity contribution in [3.63, 3.8) is 0 Å². The van der Waals surface area contributed by atoms with Gasteiger partial charge in [-0.25, -0.2) is 14.2 Å². The summed E-state index contributed by atoms with van der Waals surface area (Å²) in [5, 5.41) is 1.68. The average Bonchev–Trinajstić information content (AvgIpc) is 2.67. The highest BCUT2D eigenvalue weighted by Crippen LogP contribution is 2.30. The molecule has 1 atom stereocenters. The van der Waals surface area contributed by atoms with Gasteiger partial charge in [-0.05, 0) is 36.2 Å². The number of thioether (sulfide) groups is 1. The van der Waals surface area contributed by atoms with Gasteiger partial charge in [0.15, 0.2) is 5.16 Å². The lowest BCUT2D eigenvalue weighted by Gasteiger charge is -2.21. The first kappa shape index (κ1) is 21.8. The molecule has 3 rings (SSSR count). The highest BCUT2D eigenvalue weighted by atomic mass is 35.5. The van der Waals surface area contributed by atoms with E-state index in [-0.39, 0.29) is 16.1 Å². The summed E-state index contributed by atoms with van der Waals surface area (Å²) in [5.41, 5.74) is 5.41. The first-order valence-electron chi connectivity index (χ1n) is 8.93. The van der Waals surface area contributed by atoms with E-state index in [1.807, 2.05) is 0 Å². The van der Waals surface area contributed by atoms with Gasteiger partial charge in [0.05, 0.1) is 26.9 Å². The largest absolute Gasteiger partial charge is 0.351 e. The van der Waals surface area contributed by atoms with Crippen molar-refractivity contribution < 1.29 is 14.0 Å². The third-order valence-corrected chi connectivity index (χ3v) is 6.04. The van der Waals surface area contributed by atoms with Crippen LogP contribution in [-0.4, -0.2) is 26.7 Å². The molecule has 3 N–H and O–H groups in total. The van der Waals surface area contributed by atoms with Crippen LogP contribution in [0.2, 0.25) is 5.02 Å². The van der Waals surface area contributed by atoms with Crippen LogP contribution in [0.3, 0.4) is 0 Å². The van der Waals surface area contributed by atoms with Gasteiger partial charge in [-0.3, -0.25) is 19.5 Å². The Morgan fingerprint density at radius 1 is 1.23 bits per heavy atom. The van der Waals surface area contributed by atoms with E-state index < -0.39 is 28.6 Å². The van der Waals surface area contributed by atoms with Crippen LogP contribution in [0.15, 0.2) is 52.4 Å². The molecule has 0 aliphatic carbocycles. The van der Waals surface area contributed by atoms with Crippen LogP contribution in [0, 0.1) is 11.7 Å². The molecule has 0 aliphatic rings. The SMILES string of the molecule is CC(C)[C@H](Sc1nc2ccccc2c(=O)n1-c1ccc(F)c(Cl)c1)C(=O)NC(N)=O. The maximum absolute atomic E-state index is 13.7. The fourth-order valence-corrected chi connectivity index (χ4v) is 4.13. The van der Waals surface area contributed by atoms with Gasteiger partial charge in [0.2, 0.25) is 5.91 Å². The summed E-state index contributed by atoms with van der Waals surface area (Å²) in [7, 11) is 0. The van der Waals surface area contributed by atoms with Crippen LogP contribution in [0.5, 0.6) is 0 Å². The number of urea groups is 1. The Morgan fingerprint density at radius 2 is 1.93 bits per heavy atom. The number of hydrogen-bond donors (Lipinski definition) is 2. The first-order chi connectivity index (χ1) is 14.2. The fraction of sp³-hybridized carbons (Fsp3) is 0.200. The minimum absolute atomic E-state index is 0.157. The van der Waals surface area contributed by atoms with Crippen LogP contribution < -0.4 is 16.6 Å². The van der Waals surface area contributed by atoms with Gasteiger partial charge in [0.1, 0.15) is 5.82 Å². The predicted molar refractivity (Wildman–Crippen MR) is 115 cm³/mol. The number of para-hydroxylation sites is 1. The van der Waals surface area contributed by atoms with Crippen LogP contribution >= 0.6 is 23.4 Å². The molecule has 10 heteroatoms. The van der Waals surface area contributed by atoms with Crippen molar-refractivity contribution in [1.29, 1.82) is 0 Å². The number of halogens is 2. The van der Waals surface area contributed by atoms with Gasteiger partial charge >= 0.3 is 6.03 Å². The van der Waals surface area contributed by atoms with Gasteiger partial charge in [-0.1, -0.05) is 49.3 Å². The number of carbonyl (C=O) groups is 2. The number of benzene rings is 2. The molecule has 3 amide bonds. The zero-order chi connectivity index (χ0) is 22.0. The Kier molecular flexibility index (Phi) is 6.42. The van der Waals surface area contributed by atoms with Crippen LogP contribution in [0.4, 0.5) is 9.18 Å².